The monoisotopic (exact) mass is 314 g/mol. The van der Waals surface area contributed by atoms with Gasteiger partial charge in [0.2, 0.25) is 5.91 Å². The Balaban J connectivity index is 2.11. The molecule has 2 heterocycles. The molecule has 2 aromatic heterocycles. The lowest BCUT2D eigenvalue weighted by molar-refractivity contribution is -0.115. The number of halogens is 1. The molecule has 0 aliphatic carbocycles. The van der Waals surface area contributed by atoms with Crippen molar-refractivity contribution >= 4 is 45.6 Å². The second kappa shape index (κ2) is 6.83. The van der Waals surface area contributed by atoms with Crippen LogP contribution in [0.3, 0.4) is 0 Å². The highest BCUT2D eigenvalue weighted by atomic mass is 35.5. The maximum absolute atomic E-state index is 11.6. The molecule has 2 aromatic rings. The number of hydrogen-bond acceptors (Lipinski definition) is 6. The Kier molecular flexibility index (Phi) is 5.12. The third-order valence-corrected chi connectivity index (χ3v) is 4.20. The Hall–Kier alpha value is -1.18. The van der Waals surface area contributed by atoms with Gasteiger partial charge in [0.25, 0.3) is 0 Å². The van der Waals surface area contributed by atoms with Crippen LogP contribution < -0.4 is 5.32 Å². The van der Waals surface area contributed by atoms with Crippen molar-refractivity contribution in [1.29, 1.82) is 0 Å². The molecule has 2 rings (SSSR count). The Labute approximate surface area is 123 Å². The van der Waals surface area contributed by atoms with E-state index >= 15 is 0 Å². The molecule has 0 aromatic carbocycles. The van der Waals surface area contributed by atoms with Crippen LogP contribution in [0.5, 0.6) is 0 Å². The van der Waals surface area contributed by atoms with Gasteiger partial charge in [0, 0.05) is 30.1 Å². The predicted octanol–water partition coefficient (Wildman–Crippen LogP) is 2.95. The van der Waals surface area contributed by atoms with E-state index in [4.69, 9.17) is 11.6 Å². The van der Waals surface area contributed by atoms with Gasteiger partial charge < -0.3 is 5.32 Å². The summed E-state index contributed by atoms with van der Waals surface area (Å²) < 4.78 is 0. The molecule has 0 atom stereocenters. The predicted molar refractivity (Wildman–Crippen MR) is 79.8 cm³/mol. The Bertz CT molecular complexity index is 561. The van der Waals surface area contributed by atoms with Gasteiger partial charge in [-0.25, -0.2) is 15.0 Å². The van der Waals surface area contributed by atoms with Crippen LogP contribution in [0, 0.1) is 0 Å². The second-order valence-corrected chi connectivity index (χ2v) is 5.90. The average molecular weight is 315 g/mol. The summed E-state index contributed by atoms with van der Waals surface area (Å²) in [6.07, 6.45) is 7.17. The van der Waals surface area contributed by atoms with Gasteiger partial charge in [0.05, 0.1) is 0 Å². The first-order chi connectivity index (χ1) is 9.20. The van der Waals surface area contributed by atoms with Crippen molar-refractivity contribution in [2.45, 2.75) is 6.42 Å². The van der Waals surface area contributed by atoms with Gasteiger partial charge in [-0.05, 0) is 6.26 Å². The van der Waals surface area contributed by atoms with Crippen molar-refractivity contribution in [3.05, 3.63) is 23.9 Å². The highest BCUT2D eigenvalue weighted by Gasteiger charge is 2.13. The van der Waals surface area contributed by atoms with Gasteiger partial charge in [0.15, 0.2) is 5.15 Å². The molecule has 5 nitrogen and oxygen atoms in total. The number of rotatable bonds is 5. The smallest absolute Gasteiger partial charge is 0.225 e. The van der Waals surface area contributed by atoms with Crippen molar-refractivity contribution in [2.75, 3.05) is 17.3 Å². The summed E-state index contributed by atoms with van der Waals surface area (Å²) in [5, 5.41) is 4.31. The number of nitrogens with one attached hydrogen (secondary N) is 1. The third kappa shape index (κ3) is 3.89. The minimum Gasteiger partial charge on any atom is -0.315 e. The number of hydrogen-bond donors (Lipinski definition) is 1. The van der Waals surface area contributed by atoms with E-state index in [0.29, 0.717) is 21.6 Å². The Morgan fingerprint density at radius 1 is 1.47 bits per heavy atom. The van der Waals surface area contributed by atoms with Crippen molar-refractivity contribution in [3.8, 4) is 10.6 Å². The summed E-state index contributed by atoms with van der Waals surface area (Å²) in [6, 6.07) is 0. The molecule has 0 aliphatic rings. The number of nitrogens with zero attached hydrogens (tertiary/aromatic N) is 3. The summed E-state index contributed by atoms with van der Waals surface area (Å²) in [4.78, 5) is 23.7. The molecule has 8 heteroatoms. The van der Waals surface area contributed by atoms with E-state index in [1.165, 1.54) is 17.7 Å². The van der Waals surface area contributed by atoms with Gasteiger partial charge in [-0.2, -0.15) is 11.8 Å². The van der Waals surface area contributed by atoms with E-state index in [2.05, 4.69) is 20.3 Å². The van der Waals surface area contributed by atoms with E-state index in [1.807, 2.05) is 6.26 Å². The van der Waals surface area contributed by atoms with Crippen LogP contribution in [0.1, 0.15) is 6.42 Å². The molecule has 1 N–H and O–H groups in total. The zero-order chi connectivity index (χ0) is 13.7. The number of carbonyl (C=O) groups is 1. The molecule has 0 aliphatic heterocycles. The molecule has 0 saturated carbocycles. The van der Waals surface area contributed by atoms with E-state index in [-0.39, 0.29) is 5.91 Å². The SMILES string of the molecule is CSCCC(=O)Nc1sc(-c2cncnc2)nc1Cl. The molecule has 0 radical (unpaired) electrons. The normalized spacial score (nSPS) is 10.4. The summed E-state index contributed by atoms with van der Waals surface area (Å²) >= 11 is 8.95. The largest absolute Gasteiger partial charge is 0.315 e. The maximum atomic E-state index is 11.6. The standard InChI is InChI=1S/C11H11ClN4OS2/c1-18-3-2-8(17)15-11-9(12)16-10(19-11)7-4-13-6-14-5-7/h4-6H,2-3H2,1H3,(H,15,17). The summed E-state index contributed by atoms with van der Waals surface area (Å²) in [5.74, 6) is 0.720. The molecule has 0 saturated heterocycles. The fourth-order valence-corrected chi connectivity index (χ4v) is 2.83. The van der Waals surface area contributed by atoms with Gasteiger partial charge in [-0.15, -0.1) is 0 Å². The fraction of sp³-hybridized carbons (Fsp3) is 0.273. The number of anilines is 1. The Morgan fingerprint density at radius 2 is 2.21 bits per heavy atom. The number of carbonyl (C=O) groups excluding carboxylic acids is 1. The fourth-order valence-electron chi connectivity index (χ4n) is 1.30. The molecule has 0 spiro atoms. The number of thiazole rings is 1. The molecule has 0 unspecified atom stereocenters. The molecule has 100 valence electrons. The summed E-state index contributed by atoms with van der Waals surface area (Å²) in [5.41, 5.74) is 0.777. The average Bonchev–Trinajstić information content (AvgIpc) is 2.79. The van der Waals surface area contributed by atoms with Gasteiger partial charge >= 0.3 is 0 Å². The quantitative estimate of drug-likeness (QED) is 0.919. The lowest BCUT2D eigenvalue weighted by Crippen LogP contribution is -2.11. The second-order valence-electron chi connectivity index (χ2n) is 3.56. The molecular formula is C11H11ClN4OS2. The Morgan fingerprint density at radius 3 is 2.89 bits per heavy atom. The topological polar surface area (TPSA) is 67.8 Å². The third-order valence-electron chi connectivity index (χ3n) is 2.18. The van der Waals surface area contributed by atoms with Gasteiger partial charge in [0.1, 0.15) is 16.3 Å². The number of amides is 1. The number of aromatic nitrogens is 3. The zero-order valence-electron chi connectivity index (χ0n) is 10.1. The van der Waals surface area contributed by atoms with Crippen LogP contribution in [-0.4, -0.2) is 32.9 Å². The van der Waals surface area contributed by atoms with Crippen LogP contribution in [0.2, 0.25) is 5.15 Å². The number of thioether (sulfide) groups is 1. The minimum absolute atomic E-state index is 0.0595. The molecular weight excluding hydrogens is 304 g/mol. The van der Waals surface area contributed by atoms with E-state index in [1.54, 1.807) is 24.2 Å². The zero-order valence-corrected chi connectivity index (χ0v) is 12.5. The summed E-state index contributed by atoms with van der Waals surface area (Å²) in [7, 11) is 0. The lowest BCUT2D eigenvalue weighted by Gasteiger charge is -2.00. The van der Waals surface area contributed by atoms with Gasteiger partial charge in [-0.1, -0.05) is 22.9 Å². The van der Waals surface area contributed by atoms with Crippen molar-refractivity contribution < 1.29 is 4.79 Å². The van der Waals surface area contributed by atoms with Crippen LogP contribution in [0.15, 0.2) is 18.7 Å². The van der Waals surface area contributed by atoms with Gasteiger partial charge in [-0.3, -0.25) is 4.79 Å². The van der Waals surface area contributed by atoms with Crippen LogP contribution >= 0.6 is 34.7 Å². The summed E-state index contributed by atoms with van der Waals surface area (Å²) in [6.45, 7) is 0. The molecule has 0 fully saturated rings. The van der Waals surface area contributed by atoms with Crippen molar-refractivity contribution in [1.82, 2.24) is 15.0 Å². The van der Waals surface area contributed by atoms with E-state index in [9.17, 15) is 4.79 Å². The van der Waals surface area contributed by atoms with Crippen LogP contribution in [-0.2, 0) is 4.79 Å². The molecule has 0 bridgehead atoms. The van der Waals surface area contributed by atoms with E-state index in [0.717, 1.165) is 11.3 Å². The molecule has 1 amide bonds. The highest BCUT2D eigenvalue weighted by Crippen LogP contribution is 2.34. The maximum Gasteiger partial charge on any atom is 0.225 e. The first-order valence-electron chi connectivity index (χ1n) is 5.41. The minimum atomic E-state index is -0.0595. The van der Waals surface area contributed by atoms with Crippen LogP contribution in [0.4, 0.5) is 5.00 Å². The highest BCUT2D eigenvalue weighted by molar-refractivity contribution is 7.98. The first kappa shape index (κ1) is 14.2. The van der Waals surface area contributed by atoms with Crippen molar-refractivity contribution in [2.24, 2.45) is 0 Å². The van der Waals surface area contributed by atoms with Crippen molar-refractivity contribution in [3.63, 3.8) is 0 Å². The van der Waals surface area contributed by atoms with Crippen LogP contribution in [0.25, 0.3) is 10.6 Å². The molecule has 19 heavy (non-hydrogen) atoms. The lowest BCUT2D eigenvalue weighted by atomic mass is 10.4. The first-order valence-corrected chi connectivity index (χ1v) is 8.00. The van der Waals surface area contributed by atoms with E-state index < -0.39 is 0 Å².